The standard InChI is InChI=1S/C11H17N5O2/c1-7-5-16(6-8(2)18-7)11(17)9-3-4-10(13-12)15-14-9/h3-4,7-8H,5-6,12H2,1-2H3,(H,13,15)/t7-,8+. The van der Waals surface area contributed by atoms with E-state index in [0.29, 0.717) is 24.6 Å². The molecule has 98 valence electrons. The minimum absolute atomic E-state index is 0.0376. The van der Waals surface area contributed by atoms with E-state index >= 15 is 0 Å². The van der Waals surface area contributed by atoms with Gasteiger partial charge in [0.15, 0.2) is 11.5 Å². The Balaban J connectivity index is 2.09. The fraction of sp³-hybridized carbons (Fsp3) is 0.545. The van der Waals surface area contributed by atoms with Crippen LogP contribution in [0.15, 0.2) is 12.1 Å². The summed E-state index contributed by atoms with van der Waals surface area (Å²) in [5, 5.41) is 7.64. The third-order valence-corrected chi connectivity index (χ3v) is 2.74. The van der Waals surface area contributed by atoms with E-state index in [0.717, 1.165) is 0 Å². The number of aromatic nitrogens is 2. The molecule has 18 heavy (non-hydrogen) atoms. The maximum Gasteiger partial charge on any atom is 0.274 e. The molecule has 0 aromatic carbocycles. The Bertz CT molecular complexity index is 412. The summed E-state index contributed by atoms with van der Waals surface area (Å²) in [5.41, 5.74) is 2.68. The zero-order chi connectivity index (χ0) is 13.1. The monoisotopic (exact) mass is 251 g/mol. The van der Waals surface area contributed by atoms with Crippen molar-refractivity contribution in [2.24, 2.45) is 5.84 Å². The van der Waals surface area contributed by atoms with E-state index in [4.69, 9.17) is 10.6 Å². The number of carbonyl (C=O) groups excluding carboxylic acids is 1. The van der Waals surface area contributed by atoms with Crippen LogP contribution >= 0.6 is 0 Å². The van der Waals surface area contributed by atoms with Crippen molar-refractivity contribution in [1.29, 1.82) is 0 Å². The van der Waals surface area contributed by atoms with Crippen LogP contribution in [0.1, 0.15) is 24.3 Å². The molecule has 1 aromatic rings. The molecule has 1 aromatic heterocycles. The zero-order valence-electron chi connectivity index (χ0n) is 10.5. The van der Waals surface area contributed by atoms with Crippen LogP contribution in [0.5, 0.6) is 0 Å². The van der Waals surface area contributed by atoms with Crippen LogP contribution < -0.4 is 11.3 Å². The van der Waals surface area contributed by atoms with Gasteiger partial charge in [0.1, 0.15) is 0 Å². The second-order valence-electron chi connectivity index (χ2n) is 4.42. The minimum atomic E-state index is -0.131. The Kier molecular flexibility index (Phi) is 3.73. The van der Waals surface area contributed by atoms with Gasteiger partial charge in [0.2, 0.25) is 0 Å². The molecule has 0 aliphatic carbocycles. The maximum atomic E-state index is 12.2. The highest BCUT2D eigenvalue weighted by Gasteiger charge is 2.27. The summed E-state index contributed by atoms with van der Waals surface area (Å²) < 4.78 is 5.58. The third-order valence-electron chi connectivity index (χ3n) is 2.74. The lowest BCUT2D eigenvalue weighted by molar-refractivity contribution is -0.0587. The van der Waals surface area contributed by atoms with Gasteiger partial charge in [-0.25, -0.2) is 5.84 Å². The number of nitrogens with two attached hydrogens (primary N) is 1. The van der Waals surface area contributed by atoms with Crippen LogP contribution in [-0.2, 0) is 4.74 Å². The molecule has 7 heteroatoms. The minimum Gasteiger partial charge on any atom is -0.372 e. The van der Waals surface area contributed by atoms with E-state index in [1.807, 2.05) is 13.8 Å². The third kappa shape index (κ3) is 2.74. The fourth-order valence-electron chi connectivity index (χ4n) is 2.03. The molecule has 7 nitrogen and oxygen atoms in total. The lowest BCUT2D eigenvalue weighted by atomic mass is 10.2. The molecule has 0 bridgehead atoms. The van der Waals surface area contributed by atoms with E-state index in [1.165, 1.54) is 0 Å². The van der Waals surface area contributed by atoms with E-state index in [9.17, 15) is 4.79 Å². The molecule has 1 amide bonds. The Morgan fingerprint density at radius 2 is 2.06 bits per heavy atom. The van der Waals surface area contributed by atoms with E-state index in [1.54, 1.807) is 17.0 Å². The normalized spacial score (nSPS) is 23.8. The maximum absolute atomic E-state index is 12.2. The van der Waals surface area contributed by atoms with Gasteiger partial charge in [0.25, 0.3) is 5.91 Å². The molecule has 2 heterocycles. The molecular weight excluding hydrogens is 234 g/mol. The second-order valence-corrected chi connectivity index (χ2v) is 4.42. The lowest BCUT2D eigenvalue weighted by Crippen LogP contribution is -2.48. The van der Waals surface area contributed by atoms with Gasteiger partial charge >= 0.3 is 0 Å². The summed E-state index contributed by atoms with van der Waals surface area (Å²) in [6, 6.07) is 3.23. The Hall–Kier alpha value is -1.73. The van der Waals surface area contributed by atoms with Crippen molar-refractivity contribution in [3.8, 4) is 0 Å². The van der Waals surface area contributed by atoms with Crippen LogP contribution in [0.25, 0.3) is 0 Å². The smallest absolute Gasteiger partial charge is 0.274 e. The first-order valence-electron chi connectivity index (χ1n) is 5.85. The zero-order valence-corrected chi connectivity index (χ0v) is 10.5. The van der Waals surface area contributed by atoms with Crippen LogP contribution in [0.4, 0.5) is 5.82 Å². The van der Waals surface area contributed by atoms with Gasteiger partial charge in [-0.3, -0.25) is 4.79 Å². The van der Waals surface area contributed by atoms with E-state index in [2.05, 4.69) is 15.6 Å². The number of morpholine rings is 1. The SMILES string of the molecule is C[C@@H]1CN(C(=O)c2ccc(NN)nn2)C[C@H](C)O1. The van der Waals surface area contributed by atoms with Crippen molar-refractivity contribution in [3.05, 3.63) is 17.8 Å². The van der Waals surface area contributed by atoms with Gasteiger partial charge in [-0.15, -0.1) is 10.2 Å². The van der Waals surface area contributed by atoms with Gasteiger partial charge < -0.3 is 15.1 Å². The highest BCUT2D eigenvalue weighted by molar-refractivity contribution is 5.92. The Morgan fingerprint density at radius 3 is 2.56 bits per heavy atom. The molecule has 2 rings (SSSR count). The van der Waals surface area contributed by atoms with E-state index in [-0.39, 0.29) is 18.1 Å². The largest absolute Gasteiger partial charge is 0.372 e. The number of hydrogen-bond acceptors (Lipinski definition) is 6. The number of carbonyl (C=O) groups is 1. The van der Waals surface area contributed by atoms with Gasteiger partial charge in [0, 0.05) is 13.1 Å². The average molecular weight is 251 g/mol. The molecule has 0 radical (unpaired) electrons. The van der Waals surface area contributed by atoms with Gasteiger partial charge in [0.05, 0.1) is 12.2 Å². The first-order chi connectivity index (χ1) is 8.60. The molecule has 0 unspecified atom stereocenters. The van der Waals surface area contributed by atoms with Crippen LogP contribution in [-0.4, -0.2) is 46.3 Å². The number of nitrogens with one attached hydrogen (secondary N) is 1. The summed E-state index contributed by atoms with van der Waals surface area (Å²) in [6.07, 6.45) is 0.0753. The molecule has 1 saturated heterocycles. The molecule has 0 saturated carbocycles. The van der Waals surface area contributed by atoms with Gasteiger partial charge in [-0.1, -0.05) is 0 Å². The molecule has 1 aliphatic rings. The first-order valence-corrected chi connectivity index (χ1v) is 5.85. The summed E-state index contributed by atoms with van der Waals surface area (Å²) in [5.74, 6) is 5.49. The summed E-state index contributed by atoms with van der Waals surface area (Å²) >= 11 is 0. The summed E-state index contributed by atoms with van der Waals surface area (Å²) in [4.78, 5) is 13.9. The fourth-order valence-corrected chi connectivity index (χ4v) is 2.03. The lowest BCUT2D eigenvalue weighted by Gasteiger charge is -2.35. The highest BCUT2D eigenvalue weighted by atomic mass is 16.5. The van der Waals surface area contributed by atoms with Crippen molar-refractivity contribution in [2.45, 2.75) is 26.1 Å². The van der Waals surface area contributed by atoms with Crippen LogP contribution in [0, 0.1) is 0 Å². The number of amides is 1. The molecule has 3 N–H and O–H groups in total. The number of rotatable bonds is 2. The quantitative estimate of drug-likeness (QED) is 0.568. The first kappa shape index (κ1) is 12.7. The molecule has 2 atom stereocenters. The van der Waals surface area contributed by atoms with Gasteiger partial charge in [-0.2, -0.15) is 0 Å². The Morgan fingerprint density at radius 1 is 1.39 bits per heavy atom. The second kappa shape index (κ2) is 5.28. The average Bonchev–Trinajstić information content (AvgIpc) is 2.37. The molecule has 1 fully saturated rings. The van der Waals surface area contributed by atoms with Crippen LogP contribution in [0.2, 0.25) is 0 Å². The molecular formula is C11H17N5O2. The summed E-state index contributed by atoms with van der Waals surface area (Å²) in [6.45, 7) is 5.04. The predicted octanol–water partition coefficient (Wildman–Crippen LogP) is 0.0116. The van der Waals surface area contributed by atoms with E-state index < -0.39 is 0 Å². The number of hydrogen-bond donors (Lipinski definition) is 2. The number of ether oxygens (including phenoxy) is 1. The molecule has 0 spiro atoms. The number of nitrogen functional groups attached to an aromatic ring is 1. The van der Waals surface area contributed by atoms with Crippen molar-refractivity contribution in [2.75, 3.05) is 18.5 Å². The Labute approximate surface area is 105 Å². The van der Waals surface area contributed by atoms with Crippen molar-refractivity contribution in [3.63, 3.8) is 0 Å². The summed E-state index contributed by atoms with van der Waals surface area (Å²) in [7, 11) is 0. The topological polar surface area (TPSA) is 93.4 Å². The highest BCUT2D eigenvalue weighted by Crippen LogP contribution is 2.13. The van der Waals surface area contributed by atoms with Gasteiger partial charge in [-0.05, 0) is 26.0 Å². The number of anilines is 1. The predicted molar refractivity (Wildman–Crippen MR) is 65.8 cm³/mol. The number of hydrazine groups is 1. The van der Waals surface area contributed by atoms with Crippen molar-refractivity contribution >= 4 is 11.7 Å². The van der Waals surface area contributed by atoms with Crippen molar-refractivity contribution < 1.29 is 9.53 Å². The van der Waals surface area contributed by atoms with Crippen LogP contribution in [0.3, 0.4) is 0 Å². The number of nitrogens with zero attached hydrogens (tertiary/aromatic N) is 3. The molecule has 1 aliphatic heterocycles. The van der Waals surface area contributed by atoms with Crippen molar-refractivity contribution in [1.82, 2.24) is 15.1 Å².